The van der Waals surface area contributed by atoms with Crippen LogP contribution in [-0.4, -0.2) is 13.0 Å². The number of carbonyl (C=O) groups excluding carboxylic acids is 1. The van der Waals surface area contributed by atoms with E-state index in [1.54, 1.807) is 7.05 Å². The monoisotopic (exact) mass is 178 g/mol. The van der Waals surface area contributed by atoms with Crippen molar-refractivity contribution in [2.45, 2.75) is 12.8 Å². The zero-order chi connectivity index (χ0) is 9.68. The van der Waals surface area contributed by atoms with Crippen LogP contribution in [0.1, 0.15) is 12.0 Å². The third kappa shape index (κ3) is 3.15. The minimum atomic E-state index is 0.0578. The van der Waals surface area contributed by atoms with E-state index < -0.39 is 0 Å². The molecule has 0 aliphatic rings. The van der Waals surface area contributed by atoms with Gasteiger partial charge in [-0.05, 0) is 24.1 Å². The first-order valence-corrected chi connectivity index (χ1v) is 4.27. The molecule has 0 bridgehead atoms. The van der Waals surface area contributed by atoms with Crippen molar-refractivity contribution in [2.24, 2.45) is 0 Å². The molecule has 1 rings (SSSR count). The van der Waals surface area contributed by atoms with Gasteiger partial charge in [0.25, 0.3) is 0 Å². The summed E-state index contributed by atoms with van der Waals surface area (Å²) in [5, 5.41) is 2.58. The van der Waals surface area contributed by atoms with Crippen molar-refractivity contribution in [3.8, 4) is 0 Å². The first-order valence-electron chi connectivity index (χ1n) is 4.27. The first-order chi connectivity index (χ1) is 6.22. The maximum absolute atomic E-state index is 10.9. The lowest BCUT2D eigenvalue weighted by atomic mass is 10.1. The van der Waals surface area contributed by atoms with Crippen LogP contribution >= 0.6 is 0 Å². The van der Waals surface area contributed by atoms with E-state index in [4.69, 9.17) is 5.73 Å². The molecule has 3 nitrogen and oxygen atoms in total. The van der Waals surface area contributed by atoms with Gasteiger partial charge in [0.1, 0.15) is 0 Å². The van der Waals surface area contributed by atoms with Gasteiger partial charge in [-0.15, -0.1) is 0 Å². The maximum atomic E-state index is 10.9. The molecular formula is C10H14N2O. The quantitative estimate of drug-likeness (QED) is 0.677. The van der Waals surface area contributed by atoms with Crippen molar-refractivity contribution in [2.75, 3.05) is 12.8 Å². The highest BCUT2D eigenvalue weighted by Gasteiger charge is 1.99. The topological polar surface area (TPSA) is 55.1 Å². The average molecular weight is 178 g/mol. The minimum absolute atomic E-state index is 0.0578. The Kier molecular flexibility index (Phi) is 3.31. The Morgan fingerprint density at radius 2 is 2.31 bits per heavy atom. The van der Waals surface area contributed by atoms with E-state index in [1.807, 2.05) is 24.3 Å². The third-order valence-electron chi connectivity index (χ3n) is 1.87. The Hall–Kier alpha value is -1.51. The Labute approximate surface area is 77.9 Å². The second kappa shape index (κ2) is 4.50. The van der Waals surface area contributed by atoms with Gasteiger partial charge in [-0.25, -0.2) is 0 Å². The standard InChI is InChI=1S/C10H14N2O/c1-12-10(13)6-5-8-3-2-4-9(11)7-8/h2-4,7H,5-6,11H2,1H3,(H,12,13). The number of hydrogen-bond acceptors (Lipinski definition) is 2. The van der Waals surface area contributed by atoms with Gasteiger partial charge in [0, 0.05) is 19.2 Å². The Bertz CT molecular complexity index is 297. The van der Waals surface area contributed by atoms with Gasteiger partial charge in [-0.3, -0.25) is 4.79 Å². The molecule has 0 aliphatic heterocycles. The molecule has 0 saturated carbocycles. The largest absolute Gasteiger partial charge is 0.399 e. The van der Waals surface area contributed by atoms with E-state index >= 15 is 0 Å². The normalized spacial score (nSPS) is 9.62. The summed E-state index contributed by atoms with van der Waals surface area (Å²) in [6, 6.07) is 7.60. The molecule has 3 heteroatoms. The van der Waals surface area contributed by atoms with Gasteiger partial charge in [0.15, 0.2) is 0 Å². The molecular weight excluding hydrogens is 164 g/mol. The van der Waals surface area contributed by atoms with Crippen molar-refractivity contribution < 1.29 is 4.79 Å². The smallest absolute Gasteiger partial charge is 0.220 e. The minimum Gasteiger partial charge on any atom is -0.399 e. The summed E-state index contributed by atoms with van der Waals surface area (Å²) in [5.74, 6) is 0.0578. The fourth-order valence-corrected chi connectivity index (χ4v) is 1.13. The van der Waals surface area contributed by atoms with E-state index in [0.717, 1.165) is 17.7 Å². The summed E-state index contributed by atoms with van der Waals surface area (Å²) in [6.45, 7) is 0. The van der Waals surface area contributed by atoms with Gasteiger partial charge in [-0.2, -0.15) is 0 Å². The maximum Gasteiger partial charge on any atom is 0.220 e. The van der Waals surface area contributed by atoms with E-state index in [9.17, 15) is 4.79 Å². The Morgan fingerprint density at radius 3 is 2.92 bits per heavy atom. The molecule has 13 heavy (non-hydrogen) atoms. The molecule has 0 saturated heterocycles. The lowest BCUT2D eigenvalue weighted by molar-refractivity contribution is -0.120. The van der Waals surface area contributed by atoms with Crippen LogP contribution in [0.2, 0.25) is 0 Å². The van der Waals surface area contributed by atoms with E-state index in [0.29, 0.717) is 6.42 Å². The van der Waals surface area contributed by atoms with Gasteiger partial charge < -0.3 is 11.1 Å². The molecule has 0 radical (unpaired) electrons. The number of hydrogen-bond donors (Lipinski definition) is 2. The van der Waals surface area contributed by atoms with E-state index in [1.165, 1.54) is 0 Å². The van der Waals surface area contributed by atoms with Crippen molar-refractivity contribution in [1.82, 2.24) is 5.32 Å². The first kappa shape index (κ1) is 9.58. The second-order valence-electron chi connectivity index (χ2n) is 2.92. The number of anilines is 1. The number of carbonyl (C=O) groups is 1. The molecule has 0 aliphatic carbocycles. The zero-order valence-corrected chi connectivity index (χ0v) is 7.71. The second-order valence-corrected chi connectivity index (χ2v) is 2.92. The highest BCUT2D eigenvalue weighted by molar-refractivity contribution is 5.75. The Balaban J connectivity index is 2.50. The van der Waals surface area contributed by atoms with Crippen molar-refractivity contribution in [1.29, 1.82) is 0 Å². The third-order valence-corrected chi connectivity index (χ3v) is 1.87. The summed E-state index contributed by atoms with van der Waals surface area (Å²) in [6.07, 6.45) is 1.25. The van der Waals surface area contributed by atoms with Crippen molar-refractivity contribution >= 4 is 11.6 Å². The summed E-state index contributed by atoms with van der Waals surface area (Å²) in [4.78, 5) is 10.9. The SMILES string of the molecule is CNC(=O)CCc1cccc(N)c1. The van der Waals surface area contributed by atoms with Crippen LogP contribution in [0.15, 0.2) is 24.3 Å². The predicted octanol–water partition coefficient (Wildman–Crippen LogP) is 0.947. The molecule has 0 spiro atoms. The van der Waals surface area contributed by atoms with Crippen LogP contribution in [0.25, 0.3) is 0 Å². The Morgan fingerprint density at radius 1 is 1.54 bits per heavy atom. The lowest BCUT2D eigenvalue weighted by Gasteiger charge is -2.01. The van der Waals surface area contributed by atoms with E-state index in [-0.39, 0.29) is 5.91 Å². The molecule has 0 heterocycles. The molecule has 70 valence electrons. The number of nitrogens with one attached hydrogen (secondary N) is 1. The average Bonchev–Trinajstić information content (AvgIpc) is 2.14. The highest BCUT2D eigenvalue weighted by atomic mass is 16.1. The van der Waals surface area contributed by atoms with Gasteiger partial charge >= 0.3 is 0 Å². The number of rotatable bonds is 3. The van der Waals surface area contributed by atoms with Crippen LogP contribution in [0.3, 0.4) is 0 Å². The van der Waals surface area contributed by atoms with Crippen LogP contribution in [0, 0.1) is 0 Å². The summed E-state index contributed by atoms with van der Waals surface area (Å²) in [5.41, 5.74) is 7.44. The number of amides is 1. The van der Waals surface area contributed by atoms with Gasteiger partial charge in [0.2, 0.25) is 5.91 Å². The number of nitrogen functional groups attached to an aromatic ring is 1. The predicted molar refractivity (Wildman–Crippen MR) is 53.2 cm³/mol. The van der Waals surface area contributed by atoms with Crippen molar-refractivity contribution in [3.05, 3.63) is 29.8 Å². The molecule has 0 aromatic heterocycles. The van der Waals surface area contributed by atoms with Gasteiger partial charge in [-0.1, -0.05) is 12.1 Å². The van der Waals surface area contributed by atoms with Gasteiger partial charge in [0.05, 0.1) is 0 Å². The molecule has 0 fully saturated rings. The summed E-state index contributed by atoms with van der Waals surface area (Å²) < 4.78 is 0. The molecule has 3 N–H and O–H groups in total. The molecule has 1 aromatic rings. The van der Waals surface area contributed by atoms with Crippen molar-refractivity contribution in [3.63, 3.8) is 0 Å². The number of nitrogens with two attached hydrogens (primary N) is 1. The molecule has 1 amide bonds. The fourth-order valence-electron chi connectivity index (χ4n) is 1.13. The zero-order valence-electron chi connectivity index (χ0n) is 7.71. The fraction of sp³-hybridized carbons (Fsp3) is 0.300. The summed E-state index contributed by atoms with van der Waals surface area (Å²) >= 11 is 0. The highest BCUT2D eigenvalue weighted by Crippen LogP contribution is 2.08. The van der Waals surface area contributed by atoms with E-state index in [2.05, 4.69) is 5.32 Å². The lowest BCUT2D eigenvalue weighted by Crippen LogP contribution is -2.17. The van der Waals surface area contributed by atoms with Crippen LogP contribution in [0.5, 0.6) is 0 Å². The van der Waals surface area contributed by atoms with Crippen LogP contribution < -0.4 is 11.1 Å². The number of aryl methyl sites for hydroxylation is 1. The van der Waals surface area contributed by atoms with Crippen LogP contribution in [-0.2, 0) is 11.2 Å². The number of benzene rings is 1. The molecule has 1 aromatic carbocycles. The van der Waals surface area contributed by atoms with Crippen LogP contribution in [0.4, 0.5) is 5.69 Å². The summed E-state index contributed by atoms with van der Waals surface area (Å²) in [7, 11) is 1.64. The molecule has 0 unspecified atom stereocenters. The molecule has 0 atom stereocenters.